The molecular formula is C31H27N3O2. The number of hydrogen-bond acceptors (Lipinski definition) is 5. The second-order valence-electron chi connectivity index (χ2n) is 9.26. The van der Waals surface area contributed by atoms with Crippen molar-refractivity contribution in [2.24, 2.45) is 0 Å². The molecule has 6 rings (SSSR count). The van der Waals surface area contributed by atoms with Gasteiger partial charge >= 0.3 is 0 Å². The van der Waals surface area contributed by atoms with Crippen LogP contribution in [0.4, 0.5) is 11.4 Å². The van der Waals surface area contributed by atoms with E-state index >= 15 is 0 Å². The fourth-order valence-electron chi connectivity index (χ4n) is 4.50. The van der Waals surface area contributed by atoms with Crippen LogP contribution in [0.1, 0.15) is 30.0 Å². The number of rotatable bonds is 7. The fraction of sp³-hybridized carbons (Fsp3) is 0.161. The Morgan fingerprint density at radius 1 is 0.806 bits per heavy atom. The highest BCUT2D eigenvalue weighted by molar-refractivity contribution is 5.81. The first kappa shape index (κ1) is 22.1. The molecule has 0 bridgehead atoms. The van der Waals surface area contributed by atoms with Crippen LogP contribution in [0, 0.1) is 6.92 Å². The van der Waals surface area contributed by atoms with Crippen molar-refractivity contribution < 1.29 is 9.26 Å². The minimum atomic E-state index is 0.719. The lowest BCUT2D eigenvalue weighted by Gasteiger charge is -2.10. The summed E-state index contributed by atoms with van der Waals surface area (Å²) in [5.74, 6) is 2.22. The van der Waals surface area contributed by atoms with Crippen LogP contribution in [0.25, 0.3) is 33.6 Å². The molecule has 0 amide bonds. The van der Waals surface area contributed by atoms with E-state index in [0.717, 1.165) is 51.2 Å². The molecule has 1 N–H and O–H groups in total. The summed E-state index contributed by atoms with van der Waals surface area (Å²) in [6, 6.07) is 27.6. The third kappa shape index (κ3) is 4.48. The van der Waals surface area contributed by atoms with Crippen LogP contribution in [0.3, 0.4) is 0 Å². The third-order valence-electron chi connectivity index (χ3n) is 6.72. The summed E-state index contributed by atoms with van der Waals surface area (Å²) in [4.78, 5) is 4.28. The maximum absolute atomic E-state index is 5.75. The predicted molar refractivity (Wildman–Crippen MR) is 144 cm³/mol. The summed E-state index contributed by atoms with van der Waals surface area (Å²) in [5, 5.41) is 7.76. The minimum Gasteiger partial charge on any atom is -0.495 e. The Kier molecular flexibility index (Phi) is 5.74. The lowest BCUT2D eigenvalue weighted by atomic mass is 10.0. The van der Waals surface area contributed by atoms with Crippen LogP contribution < -0.4 is 10.1 Å². The van der Waals surface area contributed by atoms with Crippen molar-refractivity contribution in [3.8, 4) is 39.3 Å². The molecule has 5 aromatic rings. The molecule has 0 spiro atoms. The van der Waals surface area contributed by atoms with E-state index in [1.807, 2.05) is 31.3 Å². The normalized spacial score (nSPS) is 12.9. The molecule has 1 aliphatic rings. The van der Waals surface area contributed by atoms with Gasteiger partial charge in [0, 0.05) is 23.0 Å². The molecule has 0 unspecified atom stereocenters. The molecule has 1 fully saturated rings. The first-order chi connectivity index (χ1) is 17.7. The Morgan fingerprint density at radius 2 is 1.53 bits per heavy atom. The molecule has 2 heterocycles. The fourth-order valence-corrected chi connectivity index (χ4v) is 4.50. The van der Waals surface area contributed by atoms with Crippen molar-refractivity contribution in [1.82, 2.24) is 10.1 Å². The van der Waals surface area contributed by atoms with Gasteiger partial charge in [0.15, 0.2) is 5.76 Å². The zero-order valence-corrected chi connectivity index (χ0v) is 20.4. The van der Waals surface area contributed by atoms with Crippen molar-refractivity contribution in [2.75, 3.05) is 12.4 Å². The maximum atomic E-state index is 5.75. The highest BCUT2D eigenvalue weighted by Crippen LogP contribution is 2.41. The molecule has 178 valence electrons. The highest BCUT2D eigenvalue weighted by Gasteiger charge is 2.23. The van der Waals surface area contributed by atoms with E-state index in [4.69, 9.17) is 9.26 Å². The zero-order chi connectivity index (χ0) is 24.5. The van der Waals surface area contributed by atoms with E-state index in [2.05, 4.69) is 76.1 Å². The van der Waals surface area contributed by atoms with E-state index in [1.165, 1.54) is 29.5 Å². The Morgan fingerprint density at radius 3 is 2.25 bits per heavy atom. The van der Waals surface area contributed by atoms with Crippen LogP contribution in [0.5, 0.6) is 5.75 Å². The molecule has 1 aliphatic carbocycles. The highest BCUT2D eigenvalue weighted by atomic mass is 16.5. The predicted octanol–water partition coefficient (Wildman–Crippen LogP) is 8.01. The Hall–Kier alpha value is -4.38. The van der Waals surface area contributed by atoms with E-state index in [1.54, 1.807) is 13.3 Å². The number of benzene rings is 3. The van der Waals surface area contributed by atoms with E-state index in [-0.39, 0.29) is 0 Å². The van der Waals surface area contributed by atoms with Crippen LogP contribution in [0.15, 0.2) is 95.8 Å². The molecule has 1 saturated carbocycles. The van der Waals surface area contributed by atoms with Crippen molar-refractivity contribution in [3.05, 3.63) is 103 Å². The topological polar surface area (TPSA) is 60.2 Å². The largest absolute Gasteiger partial charge is 0.495 e. The number of aromatic nitrogens is 2. The molecule has 36 heavy (non-hydrogen) atoms. The number of anilines is 2. The SMILES string of the molecule is COc1cncc(-c2cccc(Nc3c(C)noc3-c3ccc(-c4ccc(C5CC5)cc4)cc3)c2)c1. The van der Waals surface area contributed by atoms with Gasteiger partial charge in [0.05, 0.1) is 13.3 Å². The number of pyridine rings is 1. The van der Waals surface area contributed by atoms with Crippen molar-refractivity contribution in [2.45, 2.75) is 25.7 Å². The van der Waals surface area contributed by atoms with Crippen LogP contribution in [0.2, 0.25) is 0 Å². The summed E-state index contributed by atoms with van der Waals surface area (Å²) < 4.78 is 11.1. The molecular weight excluding hydrogens is 446 g/mol. The summed E-state index contributed by atoms with van der Waals surface area (Å²) >= 11 is 0. The first-order valence-corrected chi connectivity index (χ1v) is 12.2. The molecule has 5 heteroatoms. The van der Waals surface area contributed by atoms with Crippen LogP contribution in [-0.2, 0) is 0 Å². The van der Waals surface area contributed by atoms with E-state index in [9.17, 15) is 0 Å². The number of nitrogens with zero attached hydrogens (tertiary/aromatic N) is 2. The van der Waals surface area contributed by atoms with Crippen LogP contribution >= 0.6 is 0 Å². The number of aryl methyl sites for hydroxylation is 1. The molecule has 3 aromatic carbocycles. The van der Waals surface area contributed by atoms with Gasteiger partial charge in [-0.3, -0.25) is 4.98 Å². The molecule has 0 radical (unpaired) electrons. The monoisotopic (exact) mass is 473 g/mol. The number of hydrogen-bond donors (Lipinski definition) is 1. The molecule has 5 nitrogen and oxygen atoms in total. The Labute approximate surface area is 210 Å². The van der Waals surface area contributed by atoms with Crippen molar-refractivity contribution in [1.29, 1.82) is 0 Å². The second-order valence-corrected chi connectivity index (χ2v) is 9.26. The molecule has 0 aliphatic heterocycles. The average molecular weight is 474 g/mol. The number of ether oxygens (including phenoxy) is 1. The van der Waals surface area contributed by atoms with Gasteiger partial charge in [0.25, 0.3) is 0 Å². The molecule has 2 aromatic heterocycles. The molecule has 0 saturated heterocycles. The van der Waals surface area contributed by atoms with Gasteiger partial charge in [-0.1, -0.05) is 65.8 Å². The van der Waals surface area contributed by atoms with E-state index < -0.39 is 0 Å². The van der Waals surface area contributed by atoms with Crippen LogP contribution in [-0.4, -0.2) is 17.3 Å². The summed E-state index contributed by atoms with van der Waals surface area (Å²) in [7, 11) is 1.65. The van der Waals surface area contributed by atoms with Gasteiger partial charge in [-0.15, -0.1) is 0 Å². The van der Waals surface area contributed by atoms with Gasteiger partial charge in [-0.05, 0) is 66.1 Å². The van der Waals surface area contributed by atoms with Gasteiger partial charge in [0.1, 0.15) is 17.1 Å². The minimum absolute atomic E-state index is 0.719. The van der Waals surface area contributed by atoms with Gasteiger partial charge < -0.3 is 14.6 Å². The van der Waals surface area contributed by atoms with E-state index in [0.29, 0.717) is 0 Å². The number of nitrogens with one attached hydrogen (secondary N) is 1. The number of methoxy groups -OCH3 is 1. The Bertz CT molecular complexity index is 1500. The quantitative estimate of drug-likeness (QED) is 0.259. The van der Waals surface area contributed by atoms with Crippen molar-refractivity contribution >= 4 is 11.4 Å². The van der Waals surface area contributed by atoms with Gasteiger partial charge in [-0.2, -0.15) is 0 Å². The van der Waals surface area contributed by atoms with Gasteiger partial charge in [0.2, 0.25) is 0 Å². The summed E-state index contributed by atoms with van der Waals surface area (Å²) in [6.45, 7) is 1.95. The Balaban J connectivity index is 1.25. The standard InChI is InChI=1S/C31H27N3O2/c1-20-30(33-28-5-3-4-26(16-28)27-17-29(35-2)19-32-18-27)31(36-34-20)25-14-12-24(13-15-25)23-10-8-22(9-11-23)21-6-7-21/h3-5,8-19,21,33H,6-7H2,1-2H3. The lowest BCUT2D eigenvalue weighted by Crippen LogP contribution is -1.94. The van der Waals surface area contributed by atoms with Gasteiger partial charge in [-0.25, -0.2) is 0 Å². The summed E-state index contributed by atoms with van der Waals surface area (Å²) in [6.07, 6.45) is 6.18. The second kappa shape index (κ2) is 9.34. The third-order valence-corrected chi connectivity index (χ3v) is 6.72. The lowest BCUT2D eigenvalue weighted by molar-refractivity contribution is 0.413. The smallest absolute Gasteiger partial charge is 0.190 e. The first-order valence-electron chi connectivity index (χ1n) is 12.2. The van der Waals surface area contributed by atoms with Crippen molar-refractivity contribution in [3.63, 3.8) is 0 Å². The average Bonchev–Trinajstić information content (AvgIpc) is 3.73. The summed E-state index contributed by atoms with van der Waals surface area (Å²) in [5.41, 5.74) is 9.47. The molecule has 0 atom stereocenters. The zero-order valence-electron chi connectivity index (χ0n) is 20.4. The maximum Gasteiger partial charge on any atom is 0.190 e.